The van der Waals surface area contributed by atoms with Gasteiger partial charge in [-0.3, -0.25) is 4.79 Å². The number of hydrogen-bond acceptors (Lipinski definition) is 2. The fourth-order valence-electron chi connectivity index (χ4n) is 1.94. The SMILES string of the molecule is CCC(C)[C@H](N)C(=O)N(CC)c1cccc(C)c1. The lowest BCUT2D eigenvalue weighted by atomic mass is 9.98. The summed E-state index contributed by atoms with van der Waals surface area (Å²) in [4.78, 5) is 14.2. The highest BCUT2D eigenvalue weighted by Gasteiger charge is 2.24. The van der Waals surface area contributed by atoms with Crippen LogP contribution in [0.1, 0.15) is 32.8 Å². The van der Waals surface area contributed by atoms with Crippen LogP contribution in [0.15, 0.2) is 24.3 Å². The van der Waals surface area contributed by atoms with E-state index < -0.39 is 6.04 Å². The van der Waals surface area contributed by atoms with E-state index in [1.54, 1.807) is 4.90 Å². The predicted molar refractivity (Wildman–Crippen MR) is 76.6 cm³/mol. The molecule has 3 heteroatoms. The van der Waals surface area contributed by atoms with E-state index in [0.29, 0.717) is 6.54 Å². The van der Waals surface area contributed by atoms with E-state index in [0.717, 1.165) is 17.7 Å². The molecule has 1 rings (SSSR count). The molecule has 1 aromatic rings. The molecule has 0 heterocycles. The topological polar surface area (TPSA) is 46.3 Å². The number of nitrogens with two attached hydrogens (primary N) is 1. The van der Waals surface area contributed by atoms with E-state index in [9.17, 15) is 4.79 Å². The molecule has 3 nitrogen and oxygen atoms in total. The molecule has 0 radical (unpaired) electrons. The number of aryl methyl sites for hydroxylation is 1. The minimum absolute atomic E-state index is 0.0115. The maximum absolute atomic E-state index is 12.4. The summed E-state index contributed by atoms with van der Waals surface area (Å²) < 4.78 is 0. The van der Waals surface area contributed by atoms with Crippen LogP contribution in [0, 0.1) is 12.8 Å². The molecule has 100 valence electrons. The van der Waals surface area contributed by atoms with Crippen LogP contribution in [0.2, 0.25) is 0 Å². The fraction of sp³-hybridized carbons (Fsp3) is 0.533. The Balaban J connectivity index is 2.93. The second-order valence-corrected chi connectivity index (χ2v) is 4.83. The normalized spacial score (nSPS) is 14.1. The van der Waals surface area contributed by atoms with Crippen molar-refractivity contribution >= 4 is 11.6 Å². The molecular weight excluding hydrogens is 224 g/mol. The molecule has 18 heavy (non-hydrogen) atoms. The molecule has 0 aliphatic rings. The zero-order chi connectivity index (χ0) is 13.7. The van der Waals surface area contributed by atoms with Gasteiger partial charge in [0.1, 0.15) is 0 Å². The van der Waals surface area contributed by atoms with E-state index in [-0.39, 0.29) is 11.8 Å². The third kappa shape index (κ3) is 3.33. The Morgan fingerprint density at radius 3 is 2.56 bits per heavy atom. The monoisotopic (exact) mass is 248 g/mol. The second-order valence-electron chi connectivity index (χ2n) is 4.83. The highest BCUT2D eigenvalue weighted by molar-refractivity contribution is 5.97. The molecule has 0 aromatic heterocycles. The number of amides is 1. The predicted octanol–water partition coefficient (Wildman–Crippen LogP) is 2.72. The van der Waals surface area contributed by atoms with Crippen LogP contribution in [0.4, 0.5) is 5.69 Å². The zero-order valence-corrected chi connectivity index (χ0v) is 11.8. The van der Waals surface area contributed by atoms with Gasteiger partial charge in [-0.05, 0) is 37.5 Å². The van der Waals surface area contributed by atoms with Crippen molar-refractivity contribution < 1.29 is 4.79 Å². The van der Waals surface area contributed by atoms with Crippen LogP contribution in [0.25, 0.3) is 0 Å². The van der Waals surface area contributed by atoms with Gasteiger partial charge in [0.2, 0.25) is 5.91 Å². The minimum Gasteiger partial charge on any atom is -0.320 e. The van der Waals surface area contributed by atoms with Crippen LogP contribution in [0.3, 0.4) is 0 Å². The summed E-state index contributed by atoms with van der Waals surface area (Å²) in [6, 6.07) is 7.55. The summed E-state index contributed by atoms with van der Waals surface area (Å²) >= 11 is 0. The molecule has 0 saturated carbocycles. The van der Waals surface area contributed by atoms with Crippen LogP contribution in [-0.4, -0.2) is 18.5 Å². The van der Waals surface area contributed by atoms with Crippen molar-refractivity contribution in [2.24, 2.45) is 11.7 Å². The lowest BCUT2D eigenvalue weighted by Gasteiger charge is -2.27. The quantitative estimate of drug-likeness (QED) is 0.871. The van der Waals surface area contributed by atoms with Gasteiger partial charge in [-0.2, -0.15) is 0 Å². The zero-order valence-electron chi connectivity index (χ0n) is 11.8. The Kier molecular flexibility index (Phi) is 5.35. The number of anilines is 1. The molecule has 2 N–H and O–H groups in total. The van der Waals surface area contributed by atoms with E-state index in [1.165, 1.54) is 0 Å². The van der Waals surface area contributed by atoms with Crippen LogP contribution in [0.5, 0.6) is 0 Å². The number of benzene rings is 1. The van der Waals surface area contributed by atoms with E-state index in [4.69, 9.17) is 5.73 Å². The van der Waals surface area contributed by atoms with Crippen molar-refractivity contribution in [1.29, 1.82) is 0 Å². The molecule has 0 bridgehead atoms. The summed E-state index contributed by atoms with van der Waals surface area (Å²) in [6.45, 7) is 8.72. The van der Waals surface area contributed by atoms with Crippen molar-refractivity contribution in [3.8, 4) is 0 Å². The molecular formula is C15H24N2O. The van der Waals surface area contributed by atoms with Gasteiger partial charge in [-0.25, -0.2) is 0 Å². The Morgan fingerprint density at radius 1 is 1.39 bits per heavy atom. The summed E-state index contributed by atoms with van der Waals surface area (Å²) in [5, 5.41) is 0. The number of nitrogens with zero attached hydrogens (tertiary/aromatic N) is 1. The Labute approximate surface area is 110 Å². The van der Waals surface area contributed by atoms with E-state index in [1.807, 2.05) is 45.0 Å². The summed E-state index contributed by atoms with van der Waals surface area (Å²) in [5.74, 6) is 0.216. The second kappa shape index (κ2) is 6.55. The van der Waals surface area contributed by atoms with Gasteiger partial charge in [0.05, 0.1) is 6.04 Å². The van der Waals surface area contributed by atoms with Gasteiger partial charge < -0.3 is 10.6 Å². The standard InChI is InChI=1S/C15H24N2O/c1-5-12(4)14(16)15(18)17(6-2)13-9-7-8-11(3)10-13/h7-10,12,14H,5-6,16H2,1-4H3/t12?,14-/m0/s1. The summed E-state index contributed by atoms with van der Waals surface area (Å²) in [6.07, 6.45) is 0.915. The molecule has 2 atom stereocenters. The molecule has 1 aromatic carbocycles. The summed E-state index contributed by atoms with van der Waals surface area (Å²) in [5.41, 5.74) is 8.11. The Hall–Kier alpha value is -1.35. The fourth-order valence-corrected chi connectivity index (χ4v) is 1.94. The molecule has 0 aliphatic heterocycles. The van der Waals surface area contributed by atoms with Gasteiger partial charge in [0.15, 0.2) is 0 Å². The molecule has 1 unspecified atom stereocenters. The minimum atomic E-state index is -0.421. The Bertz CT molecular complexity index is 403. The molecule has 1 amide bonds. The van der Waals surface area contributed by atoms with Gasteiger partial charge in [-0.1, -0.05) is 32.4 Å². The maximum Gasteiger partial charge on any atom is 0.244 e. The summed E-state index contributed by atoms with van der Waals surface area (Å²) in [7, 11) is 0. The van der Waals surface area contributed by atoms with Gasteiger partial charge in [0, 0.05) is 12.2 Å². The Morgan fingerprint density at radius 2 is 2.06 bits per heavy atom. The maximum atomic E-state index is 12.4. The number of carbonyl (C=O) groups excluding carboxylic acids is 1. The van der Waals surface area contributed by atoms with Crippen LogP contribution in [-0.2, 0) is 4.79 Å². The van der Waals surface area contributed by atoms with Gasteiger partial charge in [0.25, 0.3) is 0 Å². The molecule has 0 spiro atoms. The number of likely N-dealkylation sites (N-methyl/N-ethyl adjacent to an activating group) is 1. The van der Waals surface area contributed by atoms with Gasteiger partial charge >= 0.3 is 0 Å². The first-order valence-electron chi connectivity index (χ1n) is 6.64. The van der Waals surface area contributed by atoms with Crippen LogP contribution >= 0.6 is 0 Å². The van der Waals surface area contributed by atoms with Crippen molar-refractivity contribution in [3.05, 3.63) is 29.8 Å². The highest BCUT2D eigenvalue weighted by atomic mass is 16.2. The largest absolute Gasteiger partial charge is 0.320 e. The molecule has 0 aliphatic carbocycles. The first-order chi connectivity index (χ1) is 8.51. The lowest BCUT2D eigenvalue weighted by Crippen LogP contribution is -2.47. The number of carbonyl (C=O) groups is 1. The van der Waals surface area contributed by atoms with Crippen LogP contribution < -0.4 is 10.6 Å². The van der Waals surface area contributed by atoms with Crippen molar-refractivity contribution in [2.75, 3.05) is 11.4 Å². The molecule has 0 saturated heterocycles. The van der Waals surface area contributed by atoms with Gasteiger partial charge in [-0.15, -0.1) is 0 Å². The first kappa shape index (κ1) is 14.7. The average Bonchev–Trinajstić information content (AvgIpc) is 2.37. The number of hydrogen-bond donors (Lipinski definition) is 1. The van der Waals surface area contributed by atoms with E-state index in [2.05, 4.69) is 6.92 Å². The smallest absolute Gasteiger partial charge is 0.244 e. The number of rotatable bonds is 5. The lowest BCUT2D eigenvalue weighted by molar-refractivity contribution is -0.120. The third-order valence-corrected chi connectivity index (χ3v) is 3.44. The van der Waals surface area contributed by atoms with Crippen molar-refractivity contribution in [1.82, 2.24) is 0 Å². The van der Waals surface area contributed by atoms with Crippen molar-refractivity contribution in [3.63, 3.8) is 0 Å². The first-order valence-corrected chi connectivity index (χ1v) is 6.64. The van der Waals surface area contributed by atoms with E-state index >= 15 is 0 Å². The van der Waals surface area contributed by atoms with Crippen molar-refractivity contribution in [2.45, 2.75) is 40.2 Å². The molecule has 0 fully saturated rings. The third-order valence-electron chi connectivity index (χ3n) is 3.44. The highest BCUT2D eigenvalue weighted by Crippen LogP contribution is 2.18. The average molecular weight is 248 g/mol.